The number of amides is 6. The summed E-state index contributed by atoms with van der Waals surface area (Å²) in [5.74, 6) is -2.63. The number of hydrogen-bond donors (Lipinski definition) is 4. The van der Waals surface area contributed by atoms with E-state index in [4.69, 9.17) is 5.10 Å². The highest BCUT2D eigenvalue weighted by atomic mass is 16.2. The minimum Gasteiger partial charge on any atom is -0.326 e. The van der Waals surface area contributed by atoms with E-state index in [0.29, 0.717) is 23.5 Å². The molecule has 2 aromatic carbocycles. The molecule has 2 aliphatic heterocycles. The van der Waals surface area contributed by atoms with Crippen LogP contribution >= 0.6 is 0 Å². The summed E-state index contributed by atoms with van der Waals surface area (Å²) < 4.78 is 1.95. The molecule has 6 amide bonds. The van der Waals surface area contributed by atoms with E-state index >= 15 is 0 Å². The second-order valence-corrected chi connectivity index (χ2v) is 17.9. The van der Waals surface area contributed by atoms with Crippen LogP contribution in [0.4, 0.5) is 11.4 Å². The van der Waals surface area contributed by atoms with Gasteiger partial charge in [-0.2, -0.15) is 10.2 Å². The normalized spacial score (nSPS) is 17.5. The zero-order chi connectivity index (χ0) is 43.8. The number of benzene rings is 2. The number of anilines is 2. The lowest BCUT2D eigenvalue weighted by atomic mass is 9.76. The first-order valence-corrected chi connectivity index (χ1v) is 22.2. The zero-order valence-corrected chi connectivity index (χ0v) is 36.1. The fourth-order valence-corrected chi connectivity index (χ4v) is 8.88. The summed E-state index contributed by atoms with van der Waals surface area (Å²) >= 11 is 0. The van der Waals surface area contributed by atoms with Gasteiger partial charge in [-0.1, -0.05) is 82.7 Å². The first kappa shape index (κ1) is 44.1. The van der Waals surface area contributed by atoms with E-state index in [1.54, 1.807) is 12.3 Å². The quantitative estimate of drug-likeness (QED) is 0.0545. The smallest absolute Gasteiger partial charge is 0.276 e. The molecule has 62 heavy (non-hydrogen) atoms. The van der Waals surface area contributed by atoms with Gasteiger partial charge >= 0.3 is 0 Å². The third-order valence-corrected chi connectivity index (χ3v) is 12.4. The highest BCUT2D eigenvalue weighted by molar-refractivity contribution is 6.24. The summed E-state index contributed by atoms with van der Waals surface area (Å²) in [6.07, 6.45) is 16.2. The molecule has 2 unspecified atom stereocenters. The van der Waals surface area contributed by atoms with Crippen LogP contribution in [0.25, 0.3) is 0 Å². The fourth-order valence-electron chi connectivity index (χ4n) is 8.88. The molecule has 7 rings (SSSR count). The van der Waals surface area contributed by atoms with Crippen LogP contribution in [0.2, 0.25) is 0 Å². The van der Waals surface area contributed by atoms with Crippen molar-refractivity contribution in [3.8, 4) is 0 Å². The van der Waals surface area contributed by atoms with E-state index in [-0.39, 0.29) is 47.2 Å². The van der Waals surface area contributed by atoms with Gasteiger partial charge < -0.3 is 15.5 Å². The number of aromatic amines is 1. The molecular formula is C47H59N9O6. The third-order valence-electron chi connectivity index (χ3n) is 12.4. The van der Waals surface area contributed by atoms with Crippen molar-refractivity contribution < 1.29 is 28.8 Å². The number of nitrogens with zero attached hydrogens (tertiary/aromatic N) is 5. The van der Waals surface area contributed by atoms with Crippen molar-refractivity contribution >= 4 is 46.8 Å². The van der Waals surface area contributed by atoms with Gasteiger partial charge in [-0.25, -0.2) is 0 Å². The van der Waals surface area contributed by atoms with Crippen LogP contribution in [0, 0.1) is 5.41 Å². The second kappa shape index (κ2) is 19.8. The molecule has 15 heteroatoms. The summed E-state index contributed by atoms with van der Waals surface area (Å²) in [6, 6.07) is 13.9. The molecule has 328 valence electrons. The summed E-state index contributed by atoms with van der Waals surface area (Å²) in [5, 5.41) is 20.2. The maximum absolute atomic E-state index is 13.3. The van der Waals surface area contributed by atoms with Crippen LogP contribution in [-0.2, 0) is 27.2 Å². The lowest BCUT2D eigenvalue weighted by molar-refractivity contribution is -0.136. The Hall–Kier alpha value is -5.96. The SMILES string of the molecule is CN(CCCCCCCCCCC(=O)Nc1ccc2c(c1)C(=O)N(C1CCC(=O)NC1=O)C2=O)CCC(c1ccccc1)n1cc(NC(=O)c2n[nH]c3c2CCC(C)(C)C3)cn1. The predicted molar refractivity (Wildman–Crippen MR) is 235 cm³/mol. The molecule has 0 bridgehead atoms. The van der Waals surface area contributed by atoms with Gasteiger partial charge in [-0.3, -0.25) is 48.8 Å². The van der Waals surface area contributed by atoms with E-state index < -0.39 is 29.7 Å². The van der Waals surface area contributed by atoms with Gasteiger partial charge in [0.25, 0.3) is 17.7 Å². The monoisotopic (exact) mass is 845 g/mol. The van der Waals surface area contributed by atoms with Crippen LogP contribution in [0.1, 0.15) is 151 Å². The Morgan fingerprint density at radius 1 is 0.871 bits per heavy atom. The molecule has 2 atom stereocenters. The molecule has 0 spiro atoms. The predicted octanol–water partition coefficient (Wildman–Crippen LogP) is 6.84. The first-order chi connectivity index (χ1) is 29.9. The van der Waals surface area contributed by atoms with Crippen LogP contribution in [-0.4, -0.2) is 91.4 Å². The number of carbonyl (C=O) groups excluding carboxylic acids is 6. The molecule has 2 aromatic heterocycles. The summed E-state index contributed by atoms with van der Waals surface area (Å²) in [4.78, 5) is 79.1. The van der Waals surface area contributed by atoms with Gasteiger partial charge in [0.2, 0.25) is 17.7 Å². The van der Waals surface area contributed by atoms with Gasteiger partial charge in [0.15, 0.2) is 5.69 Å². The van der Waals surface area contributed by atoms with E-state index in [1.807, 2.05) is 29.1 Å². The first-order valence-electron chi connectivity index (χ1n) is 22.2. The Morgan fingerprint density at radius 3 is 2.35 bits per heavy atom. The molecule has 4 N–H and O–H groups in total. The van der Waals surface area contributed by atoms with Crippen molar-refractivity contribution in [3.63, 3.8) is 0 Å². The lowest BCUT2D eigenvalue weighted by Crippen LogP contribution is -2.54. The number of nitrogens with one attached hydrogen (secondary N) is 4. The van der Waals surface area contributed by atoms with Crippen molar-refractivity contribution in [3.05, 3.63) is 94.6 Å². The molecule has 1 aliphatic carbocycles. The largest absolute Gasteiger partial charge is 0.326 e. The number of H-pyrrole nitrogens is 1. The highest BCUT2D eigenvalue weighted by Crippen LogP contribution is 2.35. The Morgan fingerprint density at radius 2 is 1.60 bits per heavy atom. The molecule has 4 aromatic rings. The van der Waals surface area contributed by atoms with E-state index in [0.717, 1.165) is 99.9 Å². The Balaban J connectivity index is 0.765. The van der Waals surface area contributed by atoms with Crippen LogP contribution in [0.15, 0.2) is 60.9 Å². The van der Waals surface area contributed by atoms with Gasteiger partial charge in [0.1, 0.15) is 6.04 Å². The summed E-state index contributed by atoms with van der Waals surface area (Å²) in [7, 11) is 2.17. The third kappa shape index (κ3) is 10.7. The number of hydrogen-bond acceptors (Lipinski definition) is 9. The zero-order valence-electron chi connectivity index (χ0n) is 36.1. The number of piperidine rings is 1. The van der Waals surface area contributed by atoms with Crippen molar-refractivity contribution in [2.45, 2.75) is 122 Å². The minimum atomic E-state index is -1.03. The fraction of sp³-hybridized carbons (Fsp3) is 0.489. The average molecular weight is 846 g/mol. The lowest BCUT2D eigenvalue weighted by Gasteiger charge is -2.28. The van der Waals surface area contributed by atoms with Gasteiger partial charge in [-0.15, -0.1) is 0 Å². The minimum absolute atomic E-state index is 0.0207. The number of rotatable bonds is 20. The van der Waals surface area contributed by atoms with Crippen molar-refractivity contribution in [1.82, 2.24) is 35.1 Å². The number of fused-ring (bicyclic) bond motifs is 2. The van der Waals surface area contributed by atoms with E-state index in [9.17, 15) is 28.8 Å². The van der Waals surface area contributed by atoms with Crippen LogP contribution in [0.3, 0.4) is 0 Å². The summed E-state index contributed by atoms with van der Waals surface area (Å²) in [5.41, 5.74) is 5.32. The Labute approximate surface area is 362 Å². The van der Waals surface area contributed by atoms with Gasteiger partial charge in [0.05, 0.1) is 29.1 Å². The maximum Gasteiger partial charge on any atom is 0.276 e. The van der Waals surface area contributed by atoms with Gasteiger partial charge in [0, 0.05) is 42.5 Å². The number of carbonyl (C=O) groups is 6. The topological polar surface area (TPSA) is 191 Å². The van der Waals surface area contributed by atoms with Crippen LogP contribution < -0.4 is 16.0 Å². The number of aromatic nitrogens is 4. The molecular weight excluding hydrogens is 787 g/mol. The molecule has 15 nitrogen and oxygen atoms in total. The number of imide groups is 2. The molecule has 1 saturated heterocycles. The van der Waals surface area contributed by atoms with Crippen molar-refractivity contribution in [2.75, 3.05) is 30.8 Å². The summed E-state index contributed by atoms with van der Waals surface area (Å²) in [6.45, 7) is 6.40. The molecule has 3 aliphatic rings. The van der Waals surface area contributed by atoms with Gasteiger partial charge in [-0.05, 0) is 87.7 Å². The maximum atomic E-state index is 13.3. The Bertz CT molecular complexity index is 2280. The van der Waals surface area contributed by atoms with Crippen LogP contribution in [0.5, 0.6) is 0 Å². The second-order valence-electron chi connectivity index (χ2n) is 17.9. The van der Waals surface area contributed by atoms with Crippen molar-refractivity contribution in [2.24, 2.45) is 5.41 Å². The highest BCUT2D eigenvalue weighted by Gasteiger charge is 2.44. The molecule has 0 saturated carbocycles. The van der Waals surface area contributed by atoms with Crippen molar-refractivity contribution in [1.29, 1.82) is 0 Å². The Kier molecular flexibility index (Phi) is 14.1. The molecule has 1 fully saturated rings. The molecule has 0 radical (unpaired) electrons. The molecule has 4 heterocycles. The average Bonchev–Trinajstić information content (AvgIpc) is 3.94. The standard InChI is InChI=1S/C47H59N9O6/c1-47(2)24-22-35-37(28-47)52-53-42(35)44(60)50-33-29-48-55(30-33)38(31-15-11-10-12-16-31)23-26-54(3)25-14-9-7-5-4-6-8-13-17-40(57)49-32-18-19-34-36(27-32)46(62)56(45(34)61)39-20-21-41(58)51-43(39)59/h10-12,15-16,18-19,27,29-30,38-39H,4-9,13-14,17,20-26,28H2,1-3H3,(H,49,57)(H,50,60)(H,52,53)(H,51,58,59). The van der Waals surface area contributed by atoms with E-state index in [2.05, 4.69) is 64.1 Å². The van der Waals surface area contributed by atoms with E-state index in [1.165, 1.54) is 24.1 Å². The number of unbranched alkanes of at least 4 members (excludes halogenated alkanes) is 7.